The summed E-state index contributed by atoms with van der Waals surface area (Å²) in [7, 11) is 0. The van der Waals surface area contributed by atoms with Gasteiger partial charge in [0.15, 0.2) is 5.60 Å². The molecule has 0 radical (unpaired) electrons. The Morgan fingerprint density at radius 2 is 2.26 bits per heavy atom. The van der Waals surface area contributed by atoms with Crippen LogP contribution >= 0.6 is 11.8 Å². The van der Waals surface area contributed by atoms with E-state index in [4.69, 9.17) is 4.74 Å². The topological polar surface area (TPSA) is 49.8 Å². The van der Waals surface area contributed by atoms with Crippen molar-refractivity contribution in [3.05, 3.63) is 0 Å². The number of hydrogen-bond donors (Lipinski definition) is 1. The van der Waals surface area contributed by atoms with Crippen molar-refractivity contribution < 1.29 is 14.6 Å². The Morgan fingerprint density at radius 1 is 1.47 bits per heavy atom. The van der Waals surface area contributed by atoms with E-state index in [1.807, 2.05) is 11.8 Å². The number of amides is 1. The molecule has 2 heterocycles. The highest BCUT2D eigenvalue weighted by Crippen LogP contribution is 2.50. The van der Waals surface area contributed by atoms with Gasteiger partial charge in [-0.3, -0.25) is 4.79 Å². The number of likely N-dealkylation sites (tertiary alicyclic amines) is 1. The number of carbonyl (C=O) groups is 1. The SMILES string of the molecule is CCOC1CC2(CCN(C(=O)C3(O)CCSC3)C2)C1. The highest BCUT2D eigenvalue weighted by molar-refractivity contribution is 7.99. The Hall–Kier alpha value is -0.260. The zero-order chi connectivity index (χ0) is 13.5. The van der Waals surface area contributed by atoms with Crippen LogP contribution < -0.4 is 0 Å². The van der Waals surface area contributed by atoms with E-state index in [1.165, 1.54) is 0 Å². The Labute approximate surface area is 118 Å². The fourth-order valence-corrected chi connectivity index (χ4v) is 4.95. The second kappa shape index (κ2) is 4.93. The summed E-state index contributed by atoms with van der Waals surface area (Å²) in [4.78, 5) is 14.3. The number of aliphatic hydroxyl groups is 1. The zero-order valence-electron chi connectivity index (χ0n) is 11.6. The van der Waals surface area contributed by atoms with Crippen LogP contribution in [0.15, 0.2) is 0 Å². The van der Waals surface area contributed by atoms with Crippen molar-refractivity contribution in [3.63, 3.8) is 0 Å². The van der Waals surface area contributed by atoms with Gasteiger partial charge in [-0.15, -0.1) is 0 Å². The lowest BCUT2D eigenvalue weighted by Gasteiger charge is -2.44. The normalized spacial score (nSPS) is 41.8. The molecule has 1 N–H and O–H groups in total. The molecule has 3 fully saturated rings. The number of carbonyl (C=O) groups excluding carboxylic acids is 1. The maximum atomic E-state index is 12.4. The summed E-state index contributed by atoms with van der Waals surface area (Å²) < 4.78 is 5.62. The lowest BCUT2D eigenvalue weighted by molar-refractivity contribution is -0.149. The van der Waals surface area contributed by atoms with Crippen LogP contribution in [0.2, 0.25) is 0 Å². The van der Waals surface area contributed by atoms with Crippen LogP contribution in [0.1, 0.15) is 32.6 Å². The maximum Gasteiger partial charge on any atom is 0.255 e. The van der Waals surface area contributed by atoms with E-state index < -0.39 is 5.60 Å². The van der Waals surface area contributed by atoms with Crippen molar-refractivity contribution in [2.45, 2.75) is 44.3 Å². The lowest BCUT2D eigenvalue weighted by Crippen LogP contribution is -2.50. The Morgan fingerprint density at radius 3 is 2.89 bits per heavy atom. The monoisotopic (exact) mass is 285 g/mol. The van der Waals surface area contributed by atoms with Crippen molar-refractivity contribution in [2.24, 2.45) is 5.41 Å². The number of thioether (sulfide) groups is 1. The fraction of sp³-hybridized carbons (Fsp3) is 0.929. The summed E-state index contributed by atoms with van der Waals surface area (Å²) in [5.74, 6) is 1.43. The minimum Gasteiger partial charge on any atom is -0.379 e. The summed E-state index contributed by atoms with van der Waals surface area (Å²) in [6.45, 7) is 4.44. The first-order valence-corrected chi connectivity index (χ1v) is 8.44. The first kappa shape index (κ1) is 13.7. The van der Waals surface area contributed by atoms with Gasteiger partial charge in [-0.25, -0.2) is 0 Å². The van der Waals surface area contributed by atoms with E-state index >= 15 is 0 Å². The van der Waals surface area contributed by atoms with Crippen LogP contribution in [0.25, 0.3) is 0 Å². The summed E-state index contributed by atoms with van der Waals surface area (Å²) in [6, 6.07) is 0. The molecule has 0 aromatic carbocycles. The van der Waals surface area contributed by atoms with E-state index in [0.29, 0.717) is 18.3 Å². The van der Waals surface area contributed by atoms with Crippen LogP contribution in [-0.4, -0.2) is 58.8 Å². The Kier molecular flexibility index (Phi) is 3.56. The molecule has 1 atom stereocenters. The molecule has 3 rings (SSSR count). The van der Waals surface area contributed by atoms with Crippen LogP contribution in [0, 0.1) is 5.41 Å². The van der Waals surface area contributed by atoms with E-state index in [2.05, 4.69) is 0 Å². The van der Waals surface area contributed by atoms with Crippen molar-refractivity contribution in [3.8, 4) is 0 Å². The smallest absolute Gasteiger partial charge is 0.255 e. The first-order chi connectivity index (χ1) is 9.07. The van der Waals surface area contributed by atoms with Crippen LogP contribution in [0.3, 0.4) is 0 Å². The van der Waals surface area contributed by atoms with Crippen molar-refractivity contribution in [1.82, 2.24) is 4.90 Å². The van der Waals surface area contributed by atoms with Gasteiger partial charge in [-0.1, -0.05) is 0 Å². The molecule has 108 valence electrons. The molecule has 0 aromatic rings. The molecular formula is C14H23NO3S. The van der Waals surface area contributed by atoms with Crippen LogP contribution in [0.4, 0.5) is 0 Å². The molecule has 0 aromatic heterocycles. The molecule has 4 nitrogen and oxygen atoms in total. The van der Waals surface area contributed by atoms with E-state index in [0.717, 1.165) is 44.7 Å². The summed E-state index contributed by atoms with van der Waals surface area (Å²) >= 11 is 1.68. The molecule has 1 spiro atoms. The van der Waals surface area contributed by atoms with Gasteiger partial charge in [0.1, 0.15) is 0 Å². The van der Waals surface area contributed by atoms with Crippen molar-refractivity contribution >= 4 is 17.7 Å². The van der Waals surface area contributed by atoms with Crippen LogP contribution in [0.5, 0.6) is 0 Å². The third-order valence-corrected chi connectivity index (χ3v) is 6.02. The predicted octanol–water partition coefficient (Wildman–Crippen LogP) is 1.27. The lowest BCUT2D eigenvalue weighted by atomic mass is 9.66. The highest BCUT2D eigenvalue weighted by atomic mass is 32.2. The number of rotatable bonds is 3. The quantitative estimate of drug-likeness (QED) is 0.848. The van der Waals surface area contributed by atoms with Gasteiger partial charge in [-0.2, -0.15) is 11.8 Å². The Bertz CT molecular complexity index is 362. The predicted molar refractivity (Wildman–Crippen MR) is 75.2 cm³/mol. The zero-order valence-corrected chi connectivity index (χ0v) is 12.4. The van der Waals surface area contributed by atoms with Gasteiger partial charge < -0.3 is 14.7 Å². The molecule has 1 saturated carbocycles. The van der Waals surface area contributed by atoms with Crippen molar-refractivity contribution in [1.29, 1.82) is 0 Å². The number of hydrogen-bond acceptors (Lipinski definition) is 4. The van der Waals surface area contributed by atoms with E-state index in [9.17, 15) is 9.90 Å². The molecule has 19 heavy (non-hydrogen) atoms. The highest BCUT2D eigenvalue weighted by Gasteiger charge is 2.52. The summed E-state index contributed by atoms with van der Waals surface area (Å²) in [5, 5.41) is 10.4. The largest absolute Gasteiger partial charge is 0.379 e. The van der Waals surface area contributed by atoms with E-state index in [-0.39, 0.29) is 11.3 Å². The second-order valence-electron chi connectivity index (χ2n) is 6.30. The fourth-order valence-electron chi connectivity index (χ4n) is 3.72. The van der Waals surface area contributed by atoms with Crippen LogP contribution in [-0.2, 0) is 9.53 Å². The Balaban J connectivity index is 1.56. The molecule has 1 amide bonds. The van der Waals surface area contributed by atoms with Gasteiger partial charge in [0, 0.05) is 25.4 Å². The molecule has 2 saturated heterocycles. The first-order valence-electron chi connectivity index (χ1n) is 7.28. The molecule has 2 aliphatic heterocycles. The third-order valence-electron chi connectivity index (χ3n) is 4.85. The van der Waals surface area contributed by atoms with Gasteiger partial charge >= 0.3 is 0 Å². The van der Waals surface area contributed by atoms with E-state index in [1.54, 1.807) is 11.8 Å². The molecule has 3 aliphatic rings. The molecule has 0 bridgehead atoms. The molecular weight excluding hydrogens is 262 g/mol. The maximum absolute atomic E-state index is 12.4. The van der Waals surface area contributed by atoms with Gasteiger partial charge in [0.25, 0.3) is 5.91 Å². The second-order valence-corrected chi connectivity index (χ2v) is 7.40. The minimum atomic E-state index is -1.08. The number of ether oxygens (including phenoxy) is 1. The molecule has 5 heteroatoms. The average Bonchev–Trinajstić information content (AvgIpc) is 2.96. The third kappa shape index (κ3) is 2.41. The average molecular weight is 285 g/mol. The van der Waals surface area contributed by atoms with Crippen molar-refractivity contribution in [2.75, 3.05) is 31.2 Å². The van der Waals surface area contributed by atoms with Gasteiger partial charge in [0.05, 0.1) is 6.10 Å². The van der Waals surface area contributed by atoms with Gasteiger partial charge in [-0.05, 0) is 43.8 Å². The summed E-state index contributed by atoms with van der Waals surface area (Å²) in [6.07, 6.45) is 4.24. The van der Waals surface area contributed by atoms with Gasteiger partial charge in [0.2, 0.25) is 0 Å². The summed E-state index contributed by atoms with van der Waals surface area (Å²) in [5.41, 5.74) is -0.795. The minimum absolute atomic E-state index is 0.0331. The molecule has 1 unspecified atom stereocenters. The standard InChI is InChI=1S/C14H23NO3S/c1-2-18-11-7-13(8-11)3-5-15(9-13)12(16)14(17)4-6-19-10-14/h11,17H,2-10H2,1H3. The molecule has 1 aliphatic carbocycles. The number of nitrogens with zero attached hydrogens (tertiary/aromatic N) is 1.